The predicted molar refractivity (Wildman–Crippen MR) is 92.2 cm³/mol. The van der Waals surface area contributed by atoms with Crippen LogP contribution in [0.15, 0.2) is 18.2 Å². The van der Waals surface area contributed by atoms with Crippen LogP contribution in [0.3, 0.4) is 0 Å². The van der Waals surface area contributed by atoms with Gasteiger partial charge in [-0.25, -0.2) is 0 Å². The Bertz CT molecular complexity index is 602. The molecule has 1 aliphatic rings. The first kappa shape index (κ1) is 19.0. The van der Waals surface area contributed by atoms with Crippen molar-refractivity contribution in [3.05, 3.63) is 18.2 Å². The fraction of sp³-hybridized carbons (Fsp3) is 0.529. The normalized spacial score (nSPS) is 15.4. The molecular weight excluding hydrogens is 326 g/mol. The Balaban J connectivity index is 1.87. The Morgan fingerprint density at radius 2 is 1.92 bits per heavy atom. The van der Waals surface area contributed by atoms with Gasteiger partial charge in [0.05, 0.1) is 40.2 Å². The van der Waals surface area contributed by atoms with E-state index in [4.69, 9.17) is 14.2 Å². The number of carbonyl (C=O) groups is 2. The molecule has 0 bridgehead atoms. The number of ether oxygens (including phenoxy) is 3. The van der Waals surface area contributed by atoms with Gasteiger partial charge < -0.3 is 29.3 Å². The second-order valence-electron chi connectivity index (χ2n) is 5.92. The summed E-state index contributed by atoms with van der Waals surface area (Å²) in [7, 11) is 4.92. The first-order valence-electron chi connectivity index (χ1n) is 8.22. The lowest BCUT2D eigenvalue weighted by atomic mass is 10.2. The number of carbonyl (C=O) groups excluding carboxylic acids is 2. The molecule has 1 saturated heterocycles. The zero-order valence-electron chi connectivity index (χ0n) is 15.0. The van der Waals surface area contributed by atoms with Crippen molar-refractivity contribution in [3.8, 4) is 11.5 Å². The zero-order chi connectivity index (χ0) is 18.2. The van der Waals surface area contributed by atoms with E-state index >= 15 is 0 Å². The molecule has 0 radical (unpaired) electrons. The summed E-state index contributed by atoms with van der Waals surface area (Å²) in [4.78, 5) is 27.1. The monoisotopic (exact) mass is 352 g/mol. The second kappa shape index (κ2) is 9.24. The first-order chi connectivity index (χ1) is 12.0. The molecule has 1 aromatic carbocycles. The van der Waals surface area contributed by atoms with Crippen LogP contribution in [0, 0.1) is 0 Å². The average Bonchev–Trinajstić information content (AvgIpc) is 2.62. The number of rotatable bonds is 7. The molecule has 25 heavy (non-hydrogen) atoms. The number of nitrogens with one attached hydrogen (secondary N) is 2. The minimum Gasteiger partial charge on any atom is -0.497 e. The highest BCUT2D eigenvalue weighted by molar-refractivity contribution is 5.93. The molecule has 1 atom stereocenters. The number of methoxy groups -OCH3 is 2. The van der Waals surface area contributed by atoms with E-state index in [0.717, 1.165) is 4.90 Å². The number of likely N-dealkylation sites (N-methyl/N-ethyl adjacent to an activating group) is 1. The van der Waals surface area contributed by atoms with Gasteiger partial charge in [0.25, 0.3) is 11.8 Å². The molecule has 1 aromatic rings. The van der Waals surface area contributed by atoms with Crippen LogP contribution in [-0.4, -0.2) is 77.4 Å². The number of hydrogen-bond acceptors (Lipinski definition) is 5. The molecule has 2 rings (SSSR count). The summed E-state index contributed by atoms with van der Waals surface area (Å²) >= 11 is 0. The van der Waals surface area contributed by atoms with Gasteiger partial charge in [0.15, 0.2) is 13.1 Å². The molecule has 1 unspecified atom stereocenters. The molecular formula is C17H26N3O5+. The van der Waals surface area contributed by atoms with Gasteiger partial charge in [-0.2, -0.15) is 0 Å². The van der Waals surface area contributed by atoms with E-state index in [0.29, 0.717) is 43.5 Å². The van der Waals surface area contributed by atoms with Gasteiger partial charge in [0.1, 0.15) is 11.5 Å². The zero-order valence-corrected chi connectivity index (χ0v) is 15.0. The van der Waals surface area contributed by atoms with Crippen LogP contribution >= 0.6 is 0 Å². The van der Waals surface area contributed by atoms with Crippen molar-refractivity contribution >= 4 is 17.5 Å². The minimum atomic E-state index is -0.196. The van der Waals surface area contributed by atoms with Crippen LogP contribution in [0.1, 0.15) is 0 Å². The highest BCUT2D eigenvalue weighted by Gasteiger charge is 2.21. The van der Waals surface area contributed by atoms with Gasteiger partial charge >= 0.3 is 0 Å². The van der Waals surface area contributed by atoms with Crippen molar-refractivity contribution in [2.24, 2.45) is 0 Å². The van der Waals surface area contributed by atoms with Gasteiger partial charge in [0.2, 0.25) is 0 Å². The van der Waals surface area contributed by atoms with Crippen LogP contribution in [-0.2, 0) is 14.3 Å². The van der Waals surface area contributed by atoms with E-state index in [-0.39, 0.29) is 24.9 Å². The van der Waals surface area contributed by atoms with E-state index in [9.17, 15) is 9.59 Å². The minimum absolute atomic E-state index is 0.0348. The summed E-state index contributed by atoms with van der Waals surface area (Å²) in [6, 6.07) is 5.19. The number of benzene rings is 1. The van der Waals surface area contributed by atoms with Gasteiger partial charge in [-0.15, -0.1) is 0 Å². The summed E-state index contributed by atoms with van der Waals surface area (Å²) in [6.45, 7) is 2.81. The topological polar surface area (TPSA) is 81.5 Å². The van der Waals surface area contributed by atoms with Crippen molar-refractivity contribution < 1.29 is 28.7 Å². The Kier molecular flexibility index (Phi) is 7.03. The van der Waals surface area contributed by atoms with Crippen molar-refractivity contribution in [2.75, 3.05) is 66.0 Å². The SMILES string of the molecule is COc1ccc(OC)c(NC(=O)C[NH+](C)CC(=O)N2CCOCC2)c1. The third kappa shape index (κ3) is 5.61. The molecule has 0 aliphatic carbocycles. The Labute approximate surface area is 147 Å². The average molecular weight is 352 g/mol. The summed E-state index contributed by atoms with van der Waals surface area (Å²) in [5.74, 6) is 1.02. The number of anilines is 1. The first-order valence-corrected chi connectivity index (χ1v) is 8.22. The molecule has 1 aliphatic heterocycles. The molecule has 2 amide bonds. The summed E-state index contributed by atoms with van der Waals surface area (Å²) in [6.07, 6.45) is 0. The smallest absolute Gasteiger partial charge is 0.279 e. The van der Waals surface area contributed by atoms with E-state index in [2.05, 4.69) is 5.32 Å². The number of quaternary nitrogens is 1. The molecule has 0 spiro atoms. The highest BCUT2D eigenvalue weighted by Crippen LogP contribution is 2.28. The predicted octanol–water partition coefficient (Wildman–Crippen LogP) is -0.984. The maximum Gasteiger partial charge on any atom is 0.279 e. The van der Waals surface area contributed by atoms with Gasteiger partial charge in [-0.1, -0.05) is 0 Å². The molecule has 1 heterocycles. The fourth-order valence-corrected chi connectivity index (χ4v) is 2.63. The summed E-state index contributed by atoms with van der Waals surface area (Å²) in [5, 5.41) is 2.81. The van der Waals surface area contributed by atoms with Gasteiger partial charge in [-0.05, 0) is 12.1 Å². The molecule has 0 saturated carbocycles. The second-order valence-corrected chi connectivity index (χ2v) is 5.92. The van der Waals surface area contributed by atoms with Gasteiger partial charge in [-0.3, -0.25) is 9.59 Å². The molecule has 8 heteroatoms. The number of hydrogen-bond donors (Lipinski definition) is 2. The fourth-order valence-electron chi connectivity index (χ4n) is 2.63. The Morgan fingerprint density at radius 3 is 2.56 bits per heavy atom. The Morgan fingerprint density at radius 1 is 1.20 bits per heavy atom. The van der Waals surface area contributed by atoms with E-state index < -0.39 is 0 Å². The van der Waals surface area contributed by atoms with E-state index in [1.54, 1.807) is 30.2 Å². The number of morpholine rings is 1. The van der Waals surface area contributed by atoms with Crippen LogP contribution < -0.4 is 19.7 Å². The summed E-state index contributed by atoms with van der Waals surface area (Å²) in [5.41, 5.74) is 0.541. The largest absolute Gasteiger partial charge is 0.497 e. The lowest BCUT2D eigenvalue weighted by molar-refractivity contribution is -0.862. The van der Waals surface area contributed by atoms with Crippen molar-refractivity contribution in [1.29, 1.82) is 0 Å². The lowest BCUT2D eigenvalue weighted by Crippen LogP contribution is -3.11. The molecule has 1 fully saturated rings. The maximum atomic E-state index is 12.3. The highest BCUT2D eigenvalue weighted by atomic mass is 16.5. The van der Waals surface area contributed by atoms with Crippen molar-refractivity contribution in [2.45, 2.75) is 0 Å². The maximum absolute atomic E-state index is 12.3. The van der Waals surface area contributed by atoms with Gasteiger partial charge in [0, 0.05) is 19.2 Å². The van der Waals surface area contributed by atoms with Crippen LogP contribution in [0.2, 0.25) is 0 Å². The van der Waals surface area contributed by atoms with E-state index in [1.165, 1.54) is 7.11 Å². The third-order valence-electron chi connectivity index (χ3n) is 3.96. The quantitative estimate of drug-likeness (QED) is 0.659. The van der Waals surface area contributed by atoms with Crippen LogP contribution in [0.5, 0.6) is 11.5 Å². The molecule has 0 aromatic heterocycles. The van der Waals surface area contributed by atoms with E-state index in [1.807, 2.05) is 7.05 Å². The third-order valence-corrected chi connectivity index (χ3v) is 3.96. The molecule has 8 nitrogen and oxygen atoms in total. The van der Waals surface area contributed by atoms with Crippen LogP contribution in [0.25, 0.3) is 0 Å². The standard InChI is InChI=1S/C17H25N3O5/c1-19(12-17(22)20-6-8-25-9-7-20)11-16(21)18-14-10-13(23-2)4-5-15(14)24-3/h4-5,10H,6-9,11-12H2,1-3H3,(H,18,21)/p+1. The van der Waals surface area contributed by atoms with Crippen molar-refractivity contribution in [3.63, 3.8) is 0 Å². The Hall–Kier alpha value is -2.32. The molecule has 138 valence electrons. The van der Waals surface area contributed by atoms with Crippen molar-refractivity contribution in [1.82, 2.24) is 4.90 Å². The van der Waals surface area contributed by atoms with Crippen LogP contribution in [0.4, 0.5) is 5.69 Å². The summed E-state index contributed by atoms with van der Waals surface area (Å²) < 4.78 is 15.6. The lowest BCUT2D eigenvalue weighted by Gasteiger charge is -2.27. The molecule has 2 N–H and O–H groups in total. The number of nitrogens with zero attached hydrogens (tertiary/aromatic N) is 1. The number of amides is 2.